The second-order valence-electron chi connectivity index (χ2n) is 8.23. The number of ether oxygens (including phenoxy) is 2. The number of rotatable bonds is 6. The lowest BCUT2D eigenvalue weighted by Crippen LogP contribution is -2.41. The minimum atomic E-state index is -1.03. The molecular weight excluding hydrogens is 480 g/mol. The van der Waals surface area contributed by atoms with Gasteiger partial charge in [0.05, 0.1) is 6.61 Å². The predicted octanol–water partition coefficient (Wildman–Crippen LogP) is 4.59. The van der Waals surface area contributed by atoms with Crippen LogP contribution in [0.1, 0.15) is 11.7 Å². The molecule has 3 N–H and O–H groups in total. The van der Waals surface area contributed by atoms with Crippen molar-refractivity contribution in [3.8, 4) is 5.75 Å². The Morgan fingerprint density at radius 1 is 1.11 bits per heavy atom. The lowest BCUT2D eigenvalue weighted by atomic mass is 10.1. The summed E-state index contributed by atoms with van der Waals surface area (Å²) in [5, 5.41) is 4.93. The van der Waals surface area contributed by atoms with E-state index >= 15 is 0 Å². The number of nitrogens with one attached hydrogen (secondary N) is 1. The van der Waals surface area contributed by atoms with E-state index in [4.69, 9.17) is 26.8 Å². The summed E-state index contributed by atoms with van der Waals surface area (Å²) in [6.45, 7) is 1.03. The molecule has 1 saturated heterocycles. The molecule has 1 aliphatic heterocycles. The summed E-state index contributed by atoms with van der Waals surface area (Å²) in [7, 11) is 0. The summed E-state index contributed by atoms with van der Waals surface area (Å²) in [6, 6.07) is 21.3. The summed E-state index contributed by atoms with van der Waals surface area (Å²) in [6.07, 6.45) is 0.604. The number of nitrogens with two attached hydrogens (primary N) is 1. The molecule has 1 aliphatic rings. The van der Waals surface area contributed by atoms with Crippen molar-refractivity contribution < 1.29 is 19.1 Å². The fourth-order valence-electron chi connectivity index (χ4n) is 4.05. The van der Waals surface area contributed by atoms with E-state index in [1.165, 1.54) is 0 Å². The fourth-order valence-corrected chi connectivity index (χ4v) is 4.28. The van der Waals surface area contributed by atoms with Gasteiger partial charge in [-0.25, -0.2) is 4.98 Å². The molecule has 0 saturated carbocycles. The van der Waals surface area contributed by atoms with E-state index < -0.39 is 12.0 Å². The molecule has 36 heavy (non-hydrogen) atoms. The number of hydrogen-bond acceptors (Lipinski definition) is 6. The minimum Gasteiger partial charge on any atom is -0.476 e. The van der Waals surface area contributed by atoms with E-state index in [1.807, 2.05) is 12.1 Å². The Morgan fingerprint density at radius 2 is 1.92 bits per heavy atom. The summed E-state index contributed by atoms with van der Waals surface area (Å²) < 4.78 is 11.3. The highest BCUT2D eigenvalue weighted by Crippen LogP contribution is 2.32. The Kier molecular flexibility index (Phi) is 6.71. The van der Waals surface area contributed by atoms with Crippen LogP contribution in [-0.2, 0) is 14.3 Å². The van der Waals surface area contributed by atoms with Gasteiger partial charge in [-0.15, -0.1) is 0 Å². The van der Waals surface area contributed by atoms with Gasteiger partial charge in [0.1, 0.15) is 18.2 Å². The van der Waals surface area contributed by atoms with Gasteiger partial charge in [0.2, 0.25) is 6.10 Å². The van der Waals surface area contributed by atoms with Crippen LogP contribution in [0.2, 0.25) is 5.02 Å². The van der Waals surface area contributed by atoms with Gasteiger partial charge in [-0.2, -0.15) is 0 Å². The van der Waals surface area contributed by atoms with E-state index in [2.05, 4.69) is 10.3 Å². The third-order valence-corrected chi connectivity index (χ3v) is 6.22. The van der Waals surface area contributed by atoms with Crippen LogP contribution in [-0.4, -0.2) is 36.6 Å². The predicted molar refractivity (Wildman–Crippen MR) is 139 cm³/mol. The Labute approximate surface area is 212 Å². The third kappa shape index (κ3) is 4.95. The number of benzene rings is 3. The van der Waals surface area contributed by atoms with Crippen molar-refractivity contribution in [3.63, 3.8) is 0 Å². The molecule has 3 aromatic carbocycles. The van der Waals surface area contributed by atoms with Crippen molar-refractivity contribution in [1.29, 1.82) is 0 Å². The molecule has 1 fully saturated rings. The van der Waals surface area contributed by atoms with Crippen molar-refractivity contribution in [1.82, 2.24) is 4.98 Å². The van der Waals surface area contributed by atoms with E-state index in [0.29, 0.717) is 41.0 Å². The number of halogens is 1. The lowest BCUT2D eigenvalue weighted by Gasteiger charge is -2.27. The first-order valence-corrected chi connectivity index (χ1v) is 11.7. The molecule has 4 aromatic rings. The van der Waals surface area contributed by atoms with Gasteiger partial charge in [-0.1, -0.05) is 35.9 Å². The zero-order valence-corrected chi connectivity index (χ0v) is 19.9. The molecule has 182 valence electrons. The van der Waals surface area contributed by atoms with Crippen LogP contribution in [0, 0.1) is 0 Å². The molecule has 1 aromatic heterocycles. The fraction of sp³-hybridized carbons (Fsp3) is 0.148. The van der Waals surface area contributed by atoms with E-state index in [1.54, 1.807) is 71.8 Å². The summed E-state index contributed by atoms with van der Waals surface area (Å²) >= 11 is 6.44. The molecule has 0 bridgehead atoms. The Hall–Kier alpha value is -4.14. The molecule has 2 amide bonds. The molecule has 5 rings (SSSR count). The van der Waals surface area contributed by atoms with Crippen LogP contribution in [0.15, 0.2) is 79.0 Å². The number of anilines is 3. The molecule has 9 heteroatoms. The average Bonchev–Trinajstić information content (AvgIpc) is 2.89. The number of aromatic nitrogens is 1. The zero-order chi connectivity index (χ0) is 25.1. The average molecular weight is 503 g/mol. The molecule has 1 unspecified atom stereocenters. The van der Waals surface area contributed by atoms with Gasteiger partial charge in [-0.05, 0) is 53.9 Å². The number of fused-ring (bicyclic) bond motifs is 1. The highest BCUT2D eigenvalue weighted by Gasteiger charge is 2.26. The maximum Gasteiger partial charge on any atom is 0.270 e. The first-order chi connectivity index (χ1) is 17.5. The van der Waals surface area contributed by atoms with E-state index in [9.17, 15) is 9.59 Å². The molecule has 2 heterocycles. The van der Waals surface area contributed by atoms with Crippen molar-refractivity contribution >= 4 is 51.4 Å². The maximum atomic E-state index is 13.4. The number of pyridine rings is 1. The highest BCUT2D eigenvalue weighted by molar-refractivity contribution is 6.31. The molecule has 0 spiro atoms. The van der Waals surface area contributed by atoms with Crippen molar-refractivity contribution in [3.05, 3.63) is 89.6 Å². The highest BCUT2D eigenvalue weighted by atomic mass is 35.5. The Morgan fingerprint density at radius 3 is 2.69 bits per heavy atom. The largest absolute Gasteiger partial charge is 0.476 e. The van der Waals surface area contributed by atoms with Crippen molar-refractivity contribution in [2.75, 3.05) is 35.7 Å². The van der Waals surface area contributed by atoms with Gasteiger partial charge in [0.25, 0.3) is 11.8 Å². The number of morpholine rings is 1. The monoisotopic (exact) mass is 502 g/mol. The second kappa shape index (κ2) is 10.2. The minimum absolute atomic E-state index is 0.0613. The topological polar surface area (TPSA) is 107 Å². The van der Waals surface area contributed by atoms with Crippen LogP contribution in [0.4, 0.5) is 17.2 Å². The number of hydrogen-bond donors (Lipinski definition) is 2. The lowest BCUT2D eigenvalue weighted by molar-refractivity contribution is -0.125. The number of amides is 2. The molecular formula is C27H23ClN4O4. The number of carbonyl (C=O) groups excluding carboxylic acids is 2. The first kappa shape index (κ1) is 23.6. The molecule has 0 radical (unpaired) electrons. The second-order valence-corrected chi connectivity index (χ2v) is 8.64. The van der Waals surface area contributed by atoms with Crippen LogP contribution in [0.5, 0.6) is 5.75 Å². The Bertz CT molecular complexity index is 1430. The summed E-state index contributed by atoms with van der Waals surface area (Å²) in [4.78, 5) is 31.3. The smallest absolute Gasteiger partial charge is 0.270 e. The third-order valence-electron chi connectivity index (χ3n) is 5.88. The van der Waals surface area contributed by atoms with Gasteiger partial charge in [0, 0.05) is 40.1 Å². The van der Waals surface area contributed by atoms with Crippen LogP contribution in [0.3, 0.4) is 0 Å². The first-order valence-electron chi connectivity index (χ1n) is 11.3. The van der Waals surface area contributed by atoms with Gasteiger partial charge in [-0.3, -0.25) is 9.59 Å². The molecule has 0 aliphatic carbocycles. The van der Waals surface area contributed by atoms with Crippen LogP contribution < -0.4 is 20.7 Å². The van der Waals surface area contributed by atoms with Crippen LogP contribution >= 0.6 is 11.6 Å². The number of nitrogen functional groups attached to an aromatic ring is 1. The van der Waals surface area contributed by atoms with Gasteiger partial charge < -0.3 is 25.4 Å². The standard InChI is InChI=1S/C27H23ClN4O4/c28-23-4-2-1-3-21(23)25(36-20-10-5-17-11-12-30-26(29)22(17)15-20)27(34)31-18-6-8-19(9-7-18)32-13-14-35-16-24(32)33/h1-12,15,25H,13-14,16H2,(H2,29,30)(H,31,34). The molecule has 8 nitrogen and oxygen atoms in total. The normalized spacial score (nSPS) is 14.5. The Balaban J connectivity index is 1.40. The van der Waals surface area contributed by atoms with Gasteiger partial charge >= 0.3 is 0 Å². The summed E-state index contributed by atoms with van der Waals surface area (Å²) in [5.74, 6) is 0.313. The zero-order valence-electron chi connectivity index (χ0n) is 19.2. The van der Waals surface area contributed by atoms with Crippen LogP contribution in [0.25, 0.3) is 10.8 Å². The number of carbonyl (C=O) groups is 2. The number of nitrogens with zero attached hydrogens (tertiary/aromatic N) is 2. The van der Waals surface area contributed by atoms with Crippen molar-refractivity contribution in [2.24, 2.45) is 0 Å². The van der Waals surface area contributed by atoms with E-state index in [-0.39, 0.29) is 12.5 Å². The SMILES string of the molecule is Nc1nccc2ccc(OC(C(=O)Nc3ccc(N4CCOCC4=O)cc3)c3ccccc3Cl)cc12. The van der Waals surface area contributed by atoms with Crippen molar-refractivity contribution in [2.45, 2.75) is 6.10 Å². The quantitative estimate of drug-likeness (QED) is 0.399. The molecule has 1 atom stereocenters. The maximum absolute atomic E-state index is 13.4. The van der Waals surface area contributed by atoms with E-state index in [0.717, 1.165) is 16.5 Å². The summed E-state index contributed by atoms with van der Waals surface area (Å²) in [5.41, 5.74) is 7.84. The van der Waals surface area contributed by atoms with Gasteiger partial charge in [0.15, 0.2) is 0 Å².